The zero-order chi connectivity index (χ0) is 27.6. The van der Waals surface area contributed by atoms with Gasteiger partial charge in [0.15, 0.2) is 0 Å². The first-order chi connectivity index (χ1) is 18.1. The maximum Gasteiger partial charge on any atom is 0.300 e. The van der Waals surface area contributed by atoms with Crippen molar-refractivity contribution in [1.29, 1.82) is 0 Å². The molecular formula is C31H33NO6. The molecule has 4 rings (SSSR count). The average Bonchev–Trinajstić information content (AvgIpc) is 3.14. The van der Waals surface area contributed by atoms with Gasteiger partial charge in [0.05, 0.1) is 30.9 Å². The first kappa shape index (κ1) is 26.8. The van der Waals surface area contributed by atoms with Crippen molar-refractivity contribution in [3.05, 3.63) is 89.0 Å². The molecule has 1 heterocycles. The van der Waals surface area contributed by atoms with Crippen LogP contribution in [0, 0.1) is 6.92 Å². The molecule has 0 radical (unpaired) electrons. The third kappa shape index (κ3) is 5.23. The van der Waals surface area contributed by atoms with Crippen LogP contribution in [0.4, 0.5) is 5.69 Å². The summed E-state index contributed by atoms with van der Waals surface area (Å²) < 4.78 is 17.1. The minimum absolute atomic E-state index is 0.00978. The highest BCUT2D eigenvalue weighted by Gasteiger charge is 2.48. The average molecular weight is 516 g/mol. The van der Waals surface area contributed by atoms with Gasteiger partial charge in [0, 0.05) is 16.8 Å². The summed E-state index contributed by atoms with van der Waals surface area (Å²) >= 11 is 0. The maximum absolute atomic E-state index is 13.5. The summed E-state index contributed by atoms with van der Waals surface area (Å²) in [6, 6.07) is 18.4. The highest BCUT2D eigenvalue weighted by atomic mass is 16.5. The number of nitrogens with zero attached hydrogens (tertiary/aromatic N) is 1. The number of anilines is 1. The molecule has 1 atom stereocenters. The Hall–Kier alpha value is -4.26. The second-order valence-electron chi connectivity index (χ2n) is 9.72. The molecule has 0 saturated carbocycles. The second-order valence-corrected chi connectivity index (χ2v) is 9.72. The van der Waals surface area contributed by atoms with Crippen molar-refractivity contribution in [2.75, 3.05) is 12.0 Å². The van der Waals surface area contributed by atoms with Crippen LogP contribution in [0.15, 0.2) is 72.3 Å². The molecule has 1 unspecified atom stereocenters. The Morgan fingerprint density at radius 3 is 2.13 bits per heavy atom. The topological polar surface area (TPSA) is 85.3 Å². The van der Waals surface area contributed by atoms with Crippen LogP contribution in [-0.2, 0) is 9.59 Å². The van der Waals surface area contributed by atoms with E-state index in [0.29, 0.717) is 34.1 Å². The molecule has 0 aliphatic carbocycles. The fraction of sp³-hybridized carbons (Fsp3) is 0.290. The molecule has 0 bridgehead atoms. The molecule has 1 fully saturated rings. The number of methoxy groups -OCH3 is 1. The van der Waals surface area contributed by atoms with Crippen LogP contribution < -0.4 is 19.1 Å². The Labute approximate surface area is 223 Å². The van der Waals surface area contributed by atoms with E-state index >= 15 is 0 Å². The Morgan fingerprint density at radius 1 is 0.868 bits per heavy atom. The van der Waals surface area contributed by atoms with Gasteiger partial charge in [-0.3, -0.25) is 14.5 Å². The van der Waals surface area contributed by atoms with E-state index in [1.165, 1.54) is 12.0 Å². The molecule has 7 heteroatoms. The maximum atomic E-state index is 13.5. The van der Waals surface area contributed by atoms with Gasteiger partial charge in [-0.2, -0.15) is 0 Å². The van der Waals surface area contributed by atoms with Crippen molar-refractivity contribution >= 4 is 23.1 Å². The summed E-state index contributed by atoms with van der Waals surface area (Å²) in [5.74, 6) is 0.0422. The molecule has 1 saturated heterocycles. The van der Waals surface area contributed by atoms with Gasteiger partial charge in [-0.25, -0.2) is 0 Å². The molecule has 0 spiro atoms. The molecule has 7 nitrogen and oxygen atoms in total. The molecule has 3 aromatic carbocycles. The van der Waals surface area contributed by atoms with Crippen LogP contribution in [0.5, 0.6) is 17.2 Å². The monoisotopic (exact) mass is 515 g/mol. The molecule has 0 aromatic heterocycles. The number of aryl methyl sites for hydroxylation is 1. The van der Waals surface area contributed by atoms with E-state index in [2.05, 4.69) is 0 Å². The molecule has 1 aliphatic rings. The summed E-state index contributed by atoms with van der Waals surface area (Å²) in [6.07, 6.45) is -0.0224. The fourth-order valence-corrected chi connectivity index (χ4v) is 4.58. The van der Waals surface area contributed by atoms with Crippen LogP contribution in [0.1, 0.15) is 50.4 Å². The highest BCUT2D eigenvalue weighted by Crippen LogP contribution is 2.45. The van der Waals surface area contributed by atoms with Gasteiger partial charge in [-0.1, -0.05) is 18.2 Å². The molecule has 1 aliphatic heterocycles. The predicted octanol–water partition coefficient (Wildman–Crippen LogP) is 6.20. The number of carbonyl (C=O) groups is 2. The van der Waals surface area contributed by atoms with Gasteiger partial charge in [-0.05, 0) is 88.7 Å². The van der Waals surface area contributed by atoms with Gasteiger partial charge in [-0.15, -0.1) is 0 Å². The van der Waals surface area contributed by atoms with Crippen LogP contribution >= 0.6 is 0 Å². The van der Waals surface area contributed by atoms with Gasteiger partial charge in [0.1, 0.15) is 23.0 Å². The first-order valence-electron chi connectivity index (χ1n) is 12.6. The van der Waals surface area contributed by atoms with Crippen LogP contribution in [-0.4, -0.2) is 36.1 Å². The van der Waals surface area contributed by atoms with Crippen LogP contribution in [0.25, 0.3) is 5.76 Å². The minimum atomic E-state index is -0.907. The quantitative estimate of drug-likeness (QED) is 0.218. The van der Waals surface area contributed by atoms with E-state index in [0.717, 1.165) is 5.56 Å². The SMILES string of the molecule is COc1ccccc1C1/C(=C(\O)c2ccc(OC(C)C)c(C)c2)C(=O)C(=O)N1c1ccc(OC(C)C)cc1. The number of rotatable bonds is 8. The van der Waals surface area contributed by atoms with Crippen molar-refractivity contribution in [3.63, 3.8) is 0 Å². The summed E-state index contributed by atoms with van der Waals surface area (Å²) in [4.78, 5) is 28.4. The zero-order valence-corrected chi connectivity index (χ0v) is 22.5. The van der Waals surface area contributed by atoms with E-state index in [4.69, 9.17) is 14.2 Å². The number of ketones is 1. The number of aliphatic hydroxyl groups is 1. The number of benzene rings is 3. The third-order valence-electron chi connectivity index (χ3n) is 6.18. The van der Waals surface area contributed by atoms with Crippen molar-refractivity contribution in [2.24, 2.45) is 0 Å². The molecule has 3 aromatic rings. The molecular weight excluding hydrogens is 482 g/mol. The first-order valence-corrected chi connectivity index (χ1v) is 12.6. The lowest BCUT2D eigenvalue weighted by molar-refractivity contribution is -0.132. The Kier molecular flexibility index (Phi) is 7.76. The Morgan fingerprint density at radius 2 is 1.53 bits per heavy atom. The summed E-state index contributed by atoms with van der Waals surface area (Å²) in [5, 5.41) is 11.5. The van der Waals surface area contributed by atoms with Crippen LogP contribution in [0.3, 0.4) is 0 Å². The van der Waals surface area contributed by atoms with E-state index in [1.54, 1.807) is 60.7 Å². The standard InChI is InChI=1S/C31H33NO6/c1-18(2)37-23-14-12-22(13-15-23)32-28(24-9-7-8-10-26(24)36-6)27(30(34)31(32)35)29(33)21-11-16-25(20(5)17-21)38-19(3)4/h7-19,28,33H,1-6H3/b29-27+. The van der Waals surface area contributed by atoms with Crippen molar-refractivity contribution in [1.82, 2.24) is 0 Å². The molecule has 198 valence electrons. The lowest BCUT2D eigenvalue weighted by Crippen LogP contribution is -2.29. The third-order valence-corrected chi connectivity index (χ3v) is 6.18. The zero-order valence-electron chi connectivity index (χ0n) is 22.5. The number of ether oxygens (including phenoxy) is 3. The lowest BCUT2D eigenvalue weighted by atomic mass is 9.94. The van der Waals surface area contributed by atoms with Crippen LogP contribution in [0.2, 0.25) is 0 Å². The number of Topliss-reactive ketones (excluding diaryl/α,β-unsaturated/α-hetero) is 1. The number of hydrogen-bond donors (Lipinski definition) is 1. The Bertz CT molecular complexity index is 1370. The summed E-state index contributed by atoms with van der Waals surface area (Å²) in [6.45, 7) is 9.59. The summed E-state index contributed by atoms with van der Waals surface area (Å²) in [7, 11) is 1.53. The van der Waals surface area contributed by atoms with Gasteiger partial charge >= 0.3 is 0 Å². The highest BCUT2D eigenvalue weighted by molar-refractivity contribution is 6.51. The fourth-order valence-electron chi connectivity index (χ4n) is 4.58. The van der Waals surface area contributed by atoms with E-state index in [-0.39, 0.29) is 23.5 Å². The van der Waals surface area contributed by atoms with Gasteiger partial charge in [0.25, 0.3) is 11.7 Å². The van der Waals surface area contributed by atoms with Crippen molar-refractivity contribution in [2.45, 2.75) is 52.9 Å². The number of amides is 1. The molecule has 38 heavy (non-hydrogen) atoms. The van der Waals surface area contributed by atoms with E-state index in [9.17, 15) is 14.7 Å². The number of hydrogen-bond acceptors (Lipinski definition) is 6. The van der Waals surface area contributed by atoms with Crippen molar-refractivity contribution < 1.29 is 28.9 Å². The Balaban J connectivity index is 1.88. The van der Waals surface area contributed by atoms with E-state index < -0.39 is 17.7 Å². The van der Waals surface area contributed by atoms with E-state index in [1.807, 2.05) is 40.7 Å². The molecule has 1 N–H and O–H groups in total. The van der Waals surface area contributed by atoms with Gasteiger partial charge < -0.3 is 19.3 Å². The lowest BCUT2D eigenvalue weighted by Gasteiger charge is -2.27. The van der Waals surface area contributed by atoms with Crippen molar-refractivity contribution in [3.8, 4) is 17.2 Å². The predicted molar refractivity (Wildman–Crippen MR) is 147 cm³/mol. The number of carbonyl (C=O) groups excluding carboxylic acids is 2. The minimum Gasteiger partial charge on any atom is -0.507 e. The second kappa shape index (κ2) is 11.0. The number of para-hydroxylation sites is 1. The number of aliphatic hydroxyl groups excluding tert-OH is 1. The normalized spacial score (nSPS) is 16.8. The molecule has 1 amide bonds. The summed E-state index contributed by atoms with van der Waals surface area (Å²) in [5.41, 5.74) is 2.27. The largest absolute Gasteiger partial charge is 0.507 e. The van der Waals surface area contributed by atoms with Gasteiger partial charge in [0.2, 0.25) is 0 Å². The smallest absolute Gasteiger partial charge is 0.300 e.